The number of anilines is 1. The van der Waals surface area contributed by atoms with E-state index in [2.05, 4.69) is 15.5 Å². The zero-order valence-electron chi connectivity index (χ0n) is 21.8. The summed E-state index contributed by atoms with van der Waals surface area (Å²) in [6.45, 7) is 5.34. The van der Waals surface area contributed by atoms with Crippen molar-refractivity contribution in [2.45, 2.75) is 43.7 Å². The van der Waals surface area contributed by atoms with Crippen molar-refractivity contribution in [3.63, 3.8) is 0 Å². The Balaban J connectivity index is 1.61. The van der Waals surface area contributed by atoms with Crippen LogP contribution in [-0.2, 0) is 4.79 Å². The van der Waals surface area contributed by atoms with E-state index in [0.717, 1.165) is 5.69 Å². The summed E-state index contributed by atoms with van der Waals surface area (Å²) in [6, 6.07) is 24.1. The number of nitrogens with zero attached hydrogens (tertiary/aromatic N) is 3. The Hall–Kier alpha value is -4.11. The molecule has 0 spiro atoms. The molecule has 2 unspecified atom stereocenters. The van der Waals surface area contributed by atoms with Crippen LogP contribution in [0.25, 0.3) is 5.69 Å². The van der Waals surface area contributed by atoms with E-state index in [9.17, 15) is 9.59 Å². The first-order valence-corrected chi connectivity index (χ1v) is 13.2. The SMILES string of the molecule is CCC(Sc1nnc(C(C)Oc2ccccc2OC)n1-c1ccccc1)C(=O)Nc1cccc(C(C)=O)c1. The molecule has 8 nitrogen and oxygen atoms in total. The van der Waals surface area contributed by atoms with Gasteiger partial charge < -0.3 is 14.8 Å². The number of amides is 1. The number of thioether (sulfide) groups is 1. The van der Waals surface area contributed by atoms with Crippen LogP contribution in [0.3, 0.4) is 0 Å². The quantitative estimate of drug-likeness (QED) is 0.184. The van der Waals surface area contributed by atoms with E-state index in [1.54, 1.807) is 31.4 Å². The fraction of sp³-hybridized carbons (Fsp3) is 0.241. The molecular weight excluding hydrogens is 500 g/mol. The Morgan fingerprint density at radius 1 is 0.974 bits per heavy atom. The molecule has 3 aromatic carbocycles. The zero-order valence-corrected chi connectivity index (χ0v) is 22.6. The number of Topliss-reactive ketones (excluding diaryl/α,β-unsaturated/α-hetero) is 1. The lowest BCUT2D eigenvalue weighted by Crippen LogP contribution is -2.25. The van der Waals surface area contributed by atoms with Gasteiger partial charge in [0, 0.05) is 16.9 Å². The number of methoxy groups -OCH3 is 1. The van der Waals surface area contributed by atoms with Crippen molar-refractivity contribution < 1.29 is 19.1 Å². The van der Waals surface area contributed by atoms with Crippen LogP contribution >= 0.6 is 11.8 Å². The van der Waals surface area contributed by atoms with Crippen molar-refractivity contribution in [2.24, 2.45) is 0 Å². The number of nitrogens with one attached hydrogen (secondary N) is 1. The van der Waals surface area contributed by atoms with Crippen LogP contribution in [-0.4, -0.2) is 38.8 Å². The molecule has 0 fully saturated rings. The first-order valence-electron chi connectivity index (χ1n) is 12.3. The number of hydrogen-bond donors (Lipinski definition) is 1. The number of para-hydroxylation sites is 3. The maximum absolute atomic E-state index is 13.2. The lowest BCUT2D eigenvalue weighted by Gasteiger charge is -2.19. The summed E-state index contributed by atoms with van der Waals surface area (Å²) >= 11 is 1.33. The second kappa shape index (κ2) is 12.4. The highest BCUT2D eigenvalue weighted by Gasteiger charge is 2.26. The van der Waals surface area contributed by atoms with Crippen LogP contribution in [0.4, 0.5) is 5.69 Å². The van der Waals surface area contributed by atoms with Crippen molar-refractivity contribution >= 4 is 29.1 Å². The standard InChI is InChI=1S/C29H30N4O4S/c1-5-26(28(35)30-22-13-11-12-21(18-22)19(2)34)38-29-32-31-27(33(29)23-14-7-6-8-15-23)20(3)37-25-17-10-9-16-24(25)36-4/h6-18,20,26H,5H2,1-4H3,(H,30,35). The number of benzene rings is 3. The molecule has 1 amide bonds. The molecule has 2 atom stereocenters. The van der Waals surface area contributed by atoms with Gasteiger partial charge in [-0.2, -0.15) is 0 Å². The number of aromatic nitrogens is 3. The number of carbonyl (C=O) groups excluding carboxylic acids is 2. The number of ketones is 1. The van der Waals surface area contributed by atoms with E-state index in [1.807, 2.05) is 73.0 Å². The van der Waals surface area contributed by atoms with Gasteiger partial charge in [0.15, 0.2) is 34.4 Å². The lowest BCUT2D eigenvalue weighted by molar-refractivity contribution is -0.115. The highest BCUT2D eigenvalue weighted by Crippen LogP contribution is 2.34. The average Bonchev–Trinajstić information content (AvgIpc) is 3.36. The minimum Gasteiger partial charge on any atom is -0.493 e. The van der Waals surface area contributed by atoms with E-state index in [0.29, 0.717) is 40.2 Å². The summed E-state index contributed by atoms with van der Waals surface area (Å²) in [5.41, 5.74) is 1.97. The predicted octanol–water partition coefficient (Wildman–Crippen LogP) is 6.13. The molecule has 0 radical (unpaired) electrons. The van der Waals surface area contributed by atoms with E-state index in [-0.39, 0.29) is 11.7 Å². The van der Waals surface area contributed by atoms with Gasteiger partial charge in [0.05, 0.1) is 12.4 Å². The summed E-state index contributed by atoms with van der Waals surface area (Å²) in [5, 5.41) is 12.0. The molecule has 4 rings (SSSR count). The molecule has 0 aliphatic carbocycles. The van der Waals surface area contributed by atoms with Crippen LogP contribution in [0.1, 0.15) is 49.5 Å². The molecule has 4 aromatic rings. The van der Waals surface area contributed by atoms with Gasteiger partial charge in [0.1, 0.15) is 0 Å². The van der Waals surface area contributed by atoms with Gasteiger partial charge in [0.2, 0.25) is 5.91 Å². The maximum atomic E-state index is 13.2. The lowest BCUT2D eigenvalue weighted by atomic mass is 10.1. The Bertz CT molecular complexity index is 1410. The summed E-state index contributed by atoms with van der Waals surface area (Å²) < 4.78 is 13.6. The monoisotopic (exact) mass is 530 g/mol. The Kier molecular flexibility index (Phi) is 8.81. The van der Waals surface area contributed by atoms with Crippen molar-refractivity contribution in [3.8, 4) is 17.2 Å². The molecule has 9 heteroatoms. The number of rotatable bonds is 11. The van der Waals surface area contributed by atoms with Crippen molar-refractivity contribution in [1.82, 2.24) is 14.8 Å². The van der Waals surface area contributed by atoms with Crippen LogP contribution in [0.5, 0.6) is 11.5 Å². The van der Waals surface area contributed by atoms with Gasteiger partial charge in [-0.1, -0.05) is 61.2 Å². The molecular formula is C29H30N4O4S. The summed E-state index contributed by atoms with van der Waals surface area (Å²) in [4.78, 5) is 25.0. The van der Waals surface area contributed by atoms with Crippen LogP contribution in [0, 0.1) is 0 Å². The van der Waals surface area contributed by atoms with Gasteiger partial charge in [-0.15, -0.1) is 10.2 Å². The van der Waals surface area contributed by atoms with Crippen molar-refractivity contribution in [2.75, 3.05) is 12.4 Å². The van der Waals surface area contributed by atoms with Gasteiger partial charge in [-0.3, -0.25) is 14.2 Å². The molecule has 196 valence electrons. The molecule has 0 aliphatic heterocycles. The number of carbonyl (C=O) groups is 2. The van der Waals surface area contributed by atoms with Gasteiger partial charge >= 0.3 is 0 Å². The highest BCUT2D eigenvalue weighted by atomic mass is 32.2. The third-order valence-electron chi connectivity index (χ3n) is 5.86. The van der Waals surface area contributed by atoms with Crippen molar-refractivity contribution in [3.05, 3.63) is 90.3 Å². The molecule has 0 bridgehead atoms. The first-order chi connectivity index (χ1) is 18.4. The Labute approximate surface area is 226 Å². The fourth-order valence-electron chi connectivity index (χ4n) is 3.89. The second-order valence-electron chi connectivity index (χ2n) is 8.56. The normalized spacial score (nSPS) is 12.4. The predicted molar refractivity (Wildman–Crippen MR) is 148 cm³/mol. The van der Waals surface area contributed by atoms with Gasteiger partial charge in [-0.05, 0) is 56.7 Å². The van der Waals surface area contributed by atoms with E-state index >= 15 is 0 Å². The van der Waals surface area contributed by atoms with E-state index < -0.39 is 11.4 Å². The number of ether oxygens (including phenoxy) is 2. The van der Waals surface area contributed by atoms with Gasteiger partial charge in [0.25, 0.3) is 0 Å². The van der Waals surface area contributed by atoms with Crippen LogP contribution in [0.15, 0.2) is 84.0 Å². The molecule has 1 heterocycles. The molecule has 0 saturated carbocycles. The topological polar surface area (TPSA) is 95.3 Å². The minimum absolute atomic E-state index is 0.0598. The zero-order chi connectivity index (χ0) is 27.1. The third-order valence-corrected chi connectivity index (χ3v) is 7.16. The highest BCUT2D eigenvalue weighted by molar-refractivity contribution is 8.00. The molecule has 1 N–H and O–H groups in total. The maximum Gasteiger partial charge on any atom is 0.237 e. The second-order valence-corrected chi connectivity index (χ2v) is 9.73. The first kappa shape index (κ1) is 26.9. The van der Waals surface area contributed by atoms with E-state index in [1.165, 1.54) is 18.7 Å². The minimum atomic E-state index is -0.462. The Morgan fingerprint density at radius 3 is 2.37 bits per heavy atom. The number of hydrogen-bond acceptors (Lipinski definition) is 7. The largest absolute Gasteiger partial charge is 0.493 e. The molecule has 0 saturated heterocycles. The summed E-state index contributed by atoms with van der Waals surface area (Å²) in [5.74, 6) is 1.57. The third kappa shape index (κ3) is 6.23. The van der Waals surface area contributed by atoms with Crippen molar-refractivity contribution in [1.29, 1.82) is 0 Å². The van der Waals surface area contributed by atoms with Gasteiger partial charge in [-0.25, -0.2) is 0 Å². The molecule has 38 heavy (non-hydrogen) atoms. The fourth-order valence-corrected chi connectivity index (χ4v) is 4.87. The summed E-state index contributed by atoms with van der Waals surface area (Å²) in [7, 11) is 1.60. The smallest absolute Gasteiger partial charge is 0.237 e. The van der Waals surface area contributed by atoms with E-state index in [4.69, 9.17) is 9.47 Å². The average molecular weight is 531 g/mol. The molecule has 1 aromatic heterocycles. The summed E-state index contributed by atoms with van der Waals surface area (Å²) in [6.07, 6.45) is 0.101. The van der Waals surface area contributed by atoms with Crippen LogP contribution in [0.2, 0.25) is 0 Å². The van der Waals surface area contributed by atoms with Crippen LogP contribution < -0.4 is 14.8 Å². The Morgan fingerprint density at radius 2 is 1.68 bits per heavy atom. The molecule has 0 aliphatic rings.